The fraction of sp³-hybridized carbons (Fsp3) is 0.438. The summed E-state index contributed by atoms with van der Waals surface area (Å²) in [7, 11) is 3.90. The number of rotatable bonds is 3. The summed E-state index contributed by atoms with van der Waals surface area (Å²) in [5.74, 6) is 0.972. The molecule has 1 atom stereocenters. The van der Waals surface area contributed by atoms with E-state index in [4.69, 9.17) is 4.98 Å². The van der Waals surface area contributed by atoms with Crippen molar-refractivity contribution in [3.05, 3.63) is 24.3 Å². The van der Waals surface area contributed by atoms with Gasteiger partial charge in [0.15, 0.2) is 0 Å². The summed E-state index contributed by atoms with van der Waals surface area (Å²) in [6, 6.07) is 9.05. The van der Waals surface area contributed by atoms with Crippen molar-refractivity contribution in [2.45, 2.75) is 25.8 Å². The Morgan fingerprint density at radius 2 is 2.10 bits per heavy atom. The standard InChI is InChI=1S/C16H22N4/c1-11-6-5-9-20(11)15-10-12-13(17-2)7-4-8-14(12)19-16(15)18-3/h4,7-8,10-11,17H,5-6,9H2,1-3H3,(H,18,19). The summed E-state index contributed by atoms with van der Waals surface area (Å²) in [4.78, 5) is 7.25. The van der Waals surface area contributed by atoms with E-state index >= 15 is 0 Å². The monoisotopic (exact) mass is 270 g/mol. The second-order valence-electron chi connectivity index (χ2n) is 5.41. The van der Waals surface area contributed by atoms with Gasteiger partial charge in [0.25, 0.3) is 0 Å². The summed E-state index contributed by atoms with van der Waals surface area (Å²) < 4.78 is 0. The van der Waals surface area contributed by atoms with Crippen LogP contribution in [0, 0.1) is 0 Å². The van der Waals surface area contributed by atoms with E-state index in [0.717, 1.165) is 23.6 Å². The molecule has 0 bridgehead atoms. The van der Waals surface area contributed by atoms with E-state index < -0.39 is 0 Å². The van der Waals surface area contributed by atoms with Gasteiger partial charge < -0.3 is 15.5 Å². The predicted molar refractivity (Wildman–Crippen MR) is 86.9 cm³/mol. The fourth-order valence-corrected chi connectivity index (χ4v) is 3.10. The van der Waals surface area contributed by atoms with E-state index in [9.17, 15) is 0 Å². The molecule has 2 aromatic rings. The number of anilines is 3. The number of hydrogen-bond donors (Lipinski definition) is 2. The molecule has 1 unspecified atom stereocenters. The Labute approximate surface area is 120 Å². The smallest absolute Gasteiger partial charge is 0.150 e. The molecule has 2 N–H and O–H groups in total. The van der Waals surface area contributed by atoms with Crippen molar-refractivity contribution in [2.75, 3.05) is 36.2 Å². The van der Waals surface area contributed by atoms with Gasteiger partial charge >= 0.3 is 0 Å². The quantitative estimate of drug-likeness (QED) is 0.897. The molecule has 1 aliphatic rings. The lowest BCUT2D eigenvalue weighted by atomic mass is 10.1. The van der Waals surface area contributed by atoms with Crippen LogP contribution in [0.2, 0.25) is 0 Å². The first-order valence-corrected chi connectivity index (χ1v) is 7.30. The van der Waals surface area contributed by atoms with Gasteiger partial charge in [0.1, 0.15) is 5.82 Å². The topological polar surface area (TPSA) is 40.2 Å². The molecule has 0 aliphatic carbocycles. The van der Waals surface area contributed by atoms with Crippen LogP contribution in [0.3, 0.4) is 0 Å². The normalized spacial score (nSPS) is 18.6. The number of hydrogen-bond acceptors (Lipinski definition) is 4. The molecule has 0 spiro atoms. The number of aromatic nitrogens is 1. The van der Waals surface area contributed by atoms with Gasteiger partial charge in [0.05, 0.1) is 11.2 Å². The lowest BCUT2D eigenvalue weighted by molar-refractivity contribution is 0.735. The molecule has 106 valence electrons. The molecule has 1 aromatic carbocycles. The van der Waals surface area contributed by atoms with Gasteiger partial charge in [-0.25, -0.2) is 4.98 Å². The number of nitrogens with zero attached hydrogens (tertiary/aromatic N) is 2. The van der Waals surface area contributed by atoms with Crippen LogP contribution >= 0.6 is 0 Å². The Morgan fingerprint density at radius 3 is 2.75 bits per heavy atom. The Balaban J connectivity index is 2.19. The summed E-state index contributed by atoms with van der Waals surface area (Å²) in [5.41, 5.74) is 3.37. The van der Waals surface area contributed by atoms with Crippen LogP contribution in [-0.2, 0) is 0 Å². The van der Waals surface area contributed by atoms with Gasteiger partial charge in [0, 0.05) is 37.8 Å². The Kier molecular flexibility index (Phi) is 3.38. The maximum Gasteiger partial charge on any atom is 0.150 e. The molecule has 3 rings (SSSR count). The van der Waals surface area contributed by atoms with Crippen molar-refractivity contribution >= 4 is 28.1 Å². The molecule has 4 heteroatoms. The molecular formula is C16H22N4. The van der Waals surface area contributed by atoms with Gasteiger partial charge in [-0.3, -0.25) is 0 Å². The van der Waals surface area contributed by atoms with Crippen LogP contribution in [0.4, 0.5) is 17.2 Å². The first kappa shape index (κ1) is 13.0. The average Bonchev–Trinajstić information content (AvgIpc) is 2.91. The first-order chi connectivity index (χ1) is 9.74. The molecule has 2 heterocycles. The third-order valence-corrected chi connectivity index (χ3v) is 4.21. The summed E-state index contributed by atoms with van der Waals surface area (Å²) in [5, 5.41) is 7.69. The van der Waals surface area contributed by atoms with E-state index in [1.54, 1.807) is 0 Å². The minimum Gasteiger partial charge on any atom is -0.388 e. The Hall–Kier alpha value is -1.97. The van der Waals surface area contributed by atoms with Crippen molar-refractivity contribution in [2.24, 2.45) is 0 Å². The molecule has 20 heavy (non-hydrogen) atoms. The van der Waals surface area contributed by atoms with Gasteiger partial charge in [-0.2, -0.15) is 0 Å². The van der Waals surface area contributed by atoms with Crippen molar-refractivity contribution in [3.8, 4) is 0 Å². The SMILES string of the molecule is CNc1nc2cccc(NC)c2cc1N1CCCC1C. The minimum absolute atomic E-state index is 0.586. The third kappa shape index (κ3) is 2.05. The van der Waals surface area contributed by atoms with Crippen LogP contribution in [0.5, 0.6) is 0 Å². The predicted octanol–water partition coefficient (Wildman–Crippen LogP) is 3.31. The van der Waals surface area contributed by atoms with E-state index in [1.165, 1.54) is 23.9 Å². The van der Waals surface area contributed by atoms with Crippen molar-refractivity contribution in [3.63, 3.8) is 0 Å². The second kappa shape index (κ2) is 5.19. The molecule has 4 nitrogen and oxygen atoms in total. The fourth-order valence-electron chi connectivity index (χ4n) is 3.10. The van der Waals surface area contributed by atoms with Crippen molar-refractivity contribution < 1.29 is 0 Å². The first-order valence-electron chi connectivity index (χ1n) is 7.30. The van der Waals surface area contributed by atoms with E-state index in [1.807, 2.05) is 20.2 Å². The van der Waals surface area contributed by atoms with Crippen LogP contribution in [-0.4, -0.2) is 31.7 Å². The van der Waals surface area contributed by atoms with E-state index in [2.05, 4.69) is 40.7 Å². The Morgan fingerprint density at radius 1 is 1.25 bits per heavy atom. The largest absolute Gasteiger partial charge is 0.388 e. The lowest BCUT2D eigenvalue weighted by Crippen LogP contribution is -2.27. The van der Waals surface area contributed by atoms with Gasteiger partial charge in [-0.15, -0.1) is 0 Å². The molecule has 1 fully saturated rings. The highest BCUT2D eigenvalue weighted by Gasteiger charge is 2.23. The molecule has 1 saturated heterocycles. The summed E-state index contributed by atoms with van der Waals surface area (Å²) in [6.45, 7) is 3.41. The van der Waals surface area contributed by atoms with Gasteiger partial charge in [0.2, 0.25) is 0 Å². The Bertz CT molecular complexity index is 623. The molecule has 1 aliphatic heterocycles. The van der Waals surface area contributed by atoms with E-state index in [-0.39, 0.29) is 0 Å². The molecule has 0 amide bonds. The molecule has 0 radical (unpaired) electrons. The zero-order valence-electron chi connectivity index (χ0n) is 12.4. The van der Waals surface area contributed by atoms with Gasteiger partial charge in [-0.1, -0.05) is 6.07 Å². The number of fused-ring (bicyclic) bond motifs is 1. The highest BCUT2D eigenvalue weighted by molar-refractivity contribution is 5.96. The second-order valence-corrected chi connectivity index (χ2v) is 5.41. The van der Waals surface area contributed by atoms with E-state index in [0.29, 0.717) is 6.04 Å². The maximum atomic E-state index is 4.79. The number of benzene rings is 1. The van der Waals surface area contributed by atoms with Crippen LogP contribution in [0.25, 0.3) is 10.9 Å². The van der Waals surface area contributed by atoms with Crippen LogP contribution < -0.4 is 15.5 Å². The maximum absolute atomic E-state index is 4.79. The summed E-state index contributed by atoms with van der Waals surface area (Å²) in [6.07, 6.45) is 2.52. The minimum atomic E-state index is 0.586. The zero-order valence-corrected chi connectivity index (χ0v) is 12.4. The molecule has 0 saturated carbocycles. The van der Waals surface area contributed by atoms with Crippen molar-refractivity contribution in [1.29, 1.82) is 0 Å². The zero-order chi connectivity index (χ0) is 14.1. The lowest BCUT2D eigenvalue weighted by Gasteiger charge is -2.26. The van der Waals surface area contributed by atoms with Gasteiger partial charge in [-0.05, 0) is 38.0 Å². The summed E-state index contributed by atoms with van der Waals surface area (Å²) >= 11 is 0. The molecular weight excluding hydrogens is 248 g/mol. The van der Waals surface area contributed by atoms with Crippen molar-refractivity contribution in [1.82, 2.24) is 4.98 Å². The van der Waals surface area contributed by atoms with Crippen LogP contribution in [0.15, 0.2) is 24.3 Å². The third-order valence-electron chi connectivity index (χ3n) is 4.21. The average molecular weight is 270 g/mol. The number of nitrogens with one attached hydrogen (secondary N) is 2. The molecule has 1 aromatic heterocycles. The highest BCUT2D eigenvalue weighted by Crippen LogP contribution is 2.35. The van der Waals surface area contributed by atoms with Crippen LogP contribution in [0.1, 0.15) is 19.8 Å². The number of pyridine rings is 1. The highest BCUT2D eigenvalue weighted by atomic mass is 15.2.